The van der Waals surface area contributed by atoms with Crippen LogP contribution in [-0.2, 0) is 6.54 Å². The van der Waals surface area contributed by atoms with Crippen LogP contribution in [0.25, 0.3) is 0 Å². The van der Waals surface area contributed by atoms with Gasteiger partial charge in [0.05, 0.1) is 12.7 Å². The molecule has 4 aliphatic rings. The van der Waals surface area contributed by atoms with Crippen molar-refractivity contribution in [1.29, 1.82) is 0 Å². The van der Waals surface area contributed by atoms with E-state index in [4.69, 9.17) is 16.6 Å². The molecule has 0 spiro atoms. The van der Waals surface area contributed by atoms with Crippen LogP contribution in [-0.4, -0.2) is 59.7 Å². The predicted molar refractivity (Wildman–Crippen MR) is 142 cm³/mol. The normalized spacial score (nSPS) is 24.3. The van der Waals surface area contributed by atoms with Gasteiger partial charge in [0.2, 0.25) is 0 Å². The van der Waals surface area contributed by atoms with E-state index in [0.29, 0.717) is 23.0 Å². The number of nitrogens with zero attached hydrogens (tertiary/aromatic N) is 5. The highest BCUT2D eigenvalue weighted by Crippen LogP contribution is 2.55. The van der Waals surface area contributed by atoms with Gasteiger partial charge in [-0.25, -0.2) is 9.37 Å². The highest BCUT2D eigenvalue weighted by Gasteiger charge is 2.67. The number of anilines is 2. The molecular weight excluding hydrogens is 518 g/mol. The third kappa shape index (κ3) is 4.55. The summed E-state index contributed by atoms with van der Waals surface area (Å²) < 4.78 is 56.4. The van der Waals surface area contributed by atoms with E-state index in [0.717, 1.165) is 61.7 Å². The van der Waals surface area contributed by atoms with Crippen molar-refractivity contribution in [2.75, 3.05) is 36.0 Å². The first-order valence-electron chi connectivity index (χ1n) is 13.5. The quantitative estimate of drug-likeness (QED) is 0.416. The molecule has 0 N–H and O–H groups in total. The molecule has 38 heavy (non-hydrogen) atoms. The molecule has 1 aromatic heterocycles. The summed E-state index contributed by atoms with van der Waals surface area (Å²) in [6.45, 7) is 4.35. The summed E-state index contributed by atoms with van der Waals surface area (Å²) in [5.41, 5.74) is 0.559. The van der Waals surface area contributed by atoms with Crippen molar-refractivity contribution in [2.24, 2.45) is 10.9 Å². The van der Waals surface area contributed by atoms with Crippen LogP contribution in [0.3, 0.4) is 0 Å². The Morgan fingerprint density at radius 2 is 1.82 bits per heavy atom. The Morgan fingerprint density at radius 3 is 2.50 bits per heavy atom. The topological polar surface area (TPSA) is 35.0 Å². The molecule has 1 atom stereocenters. The van der Waals surface area contributed by atoms with Gasteiger partial charge in [-0.05, 0) is 86.8 Å². The lowest BCUT2D eigenvalue weighted by molar-refractivity contribution is -0.195. The van der Waals surface area contributed by atoms with Gasteiger partial charge in [-0.1, -0.05) is 11.6 Å². The zero-order valence-electron chi connectivity index (χ0n) is 21.4. The summed E-state index contributed by atoms with van der Waals surface area (Å²) in [6, 6.07) is 7.55. The number of amidine groups is 1. The van der Waals surface area contributed by atoms with Gasteiger partial charge < -0.3 is 9.80 Å². The summed E-state index contributed by atoms with van der Waals surface area (Å²) in [6.07, 6.45) is 0.915. The lowest BCUT2D eigenvalue weighted by atomic mass is 9.85. The van der Waals surface area contributed by atoms with Gasteiger partial charge in [0.15, 0.2) is 0 Å². The fraction of sp³-hybridized carbons (Fsp3) is 0.571. The second-order valence-electron chi connectivity index (χ2n) is 11.2. The van der Waals surface area contributed by atoms with Crippen molar-refractivity contribution >= 4 is 28.9 Å². The molecule has 3 aliphatic heterocycles. The Morgan fingerprint density at radius 1 is 1.05 bits per heavy atom. The molecule has 0 radical (unpaired) electrons. The summed E-state index contributed by atoms with van der Waals surface area (Å²) in [5, 5.41) is 0.530. The predicted octanol–water partition coefficient (Wildman–Crippen LogP) is 6.38. The number of aromatic nitrogens is 1. The molecule has 10 heteroatoms. The molecule has 1 saturated heterocycles. The minimum Gasteiger partial charge on any atom is -0.357 e. The zero-order chi connectivity index (χ0) is 26.7. The van der Waals surface area contributed by atoms with Gasteiger partial charge in [0, 0.05) is 42.9 Å². The van der Waals surface area contributed by atoms with Crippen molar-refractivity contribution in [3.8, 4) is 0 Å². The first-order chi connectivity index (χ1) is 18.2. The van der Waals surface area contributed by atoms with Crippen LogP contribution in [0.4, 0.5) is 29.1 Å². The average Bonchev–Trinajstić information content (AvgIpc) is 3.71. The van der Waals surface area contributed by atoms with Crippen LogP contribution in [0.15, 0.2) is 35.5 Å². The Balaban J connectivity index is 1.30. The first kappa shape index (κ1) is 25.9. The van der Waals surface area contributed by atoms with Crippen molar-refractivity contribution in [3.63, 3.8) is 0 Å². The number of hydrogen-bond donors (Lipinski definition) is 0. The summed E-state index contributed by atoms with van der Waals surface area (Å²) >= 11 is 6.36. The smallest absolute Gasteiger partial charge is 0.357 e. The lowest BCUT2D eigenvalue weighted by Crippen LogP contribution is -2.53. The number of piperidine rings is 1. The van der Waals surface area contributed by atoms with Crippen LogP contribution in [0.5, 0.6) is 0 Å². The number of rotatable bonds is 3. The molecule has 4 heterocycles. The minimum atomic E-state index is -4.29. The molecule has 5 nitrogen and oxygen atoms in total. The summed E-state index contributed by atoms with van der Waals surface area (Å²) in [7, 11) is 0. The van der Waals surface area contributed by atoms with Gasteiger partial charge >= 0.3 is 6.18 Å². The lowest BCUT2D eigenvalue weighted by Gasteiger charge is -2.42. The number of benzene rings is 1. The Bertz CT molecular complexity index is 1240. The number of pyridine rings is 1. The first-order valence-corrected chi connectivity index (χ1v) is 13.8. The number of aryl methyl sites for hydroxylation is 1. The van der Waals surface area contributed by atoms with Crippen molar-refractivity contribution < 1.29 is 17.6 Å². The molecule has 0 bridgehead atoms. The summed E-state index contributed by atoms with van der Waals surface area (Å²) in [5.74, 6) is 1.57. The maximum absolute atomic E-state index is 14.2. The zero-order valence-corrected chi connectivity index (χ0v) is 22.2. The van der Waals surface area contributed by atoms with E-state index in [-0.39, 0.29) is 37.8 Å². The monoisotopic (exact) mass is 549 g/mol. The van der Waals surface area contributed by atoms with Gasteiger partial charge in [0.25, 0.3) is 0 Å². The summed E-state index contributed by atoms with van der Waals surface area (Å²) in [4.78, 5) is 15.2. The van der Waals surface area contributed by atoms with Crippen LogP contribution in [0.2, 0.25) is 5.02 Å². The number of hydrogen-bond acceptors (Lipinski definition) is 5. The van der Waals surface area contributed by atoms with Gasteiger partial charge in [-0.3, -0.25) is 9.89 Å². The highest BCUT2D eigenvalue weighted by atomic mass is 35.5. The van der Waals surface area contributed by atoms with E-state index in [9.17, 15) is 17.6 Å². The average molecular weight is 550 g/mol. The molecule has 0 amide bonds. The van der Waals surface area contributed by atoms with Crippen molar-refractivity contribution in [3.05, 3.63) is 52.4 Å². The van der Waals surface area contributed by atoms with Gasteiger partial charge in [-0.15, -0.1) is 0 Å². The number of halogens is 5. The van der Waals surface area contributed by atoms with E-state index in [2.05, 4.69) is 14.8 Å². The molecule has 2 fully saturated rings. The van der Waals surface area contributed by atoms with Crippen LogP contribution < -0.4 is 9.80 Å². The van der Waals surface area contributed by atoms with E-state index < -0.39 is 11.7 Å². The Labute approximate surface area is 225 Å². The highest BCUT2D eigenvalue weighted by molar-refractivity contribution is 6.30. The van der Waals surface area contributed by atoms with Crippen LogP contribution in [0, 0.1) is 18.7 Å². The third-order valence-corrected chi connectivity index (χ3v) is 9.09. The second-order valence-corrected chi connectivity index (χ2v) is 11.6. The number of aliphatic imine (C=N–C) groups is 1. The van der Waals surface area contributed by atoms with Crippen molar-refractivity contribution in [2.45, 2.75) is 69.8 Å². The van der Waals surface area contributed by atoms with E-state index >= 15 is 0 Å². The molecular formula is C28H32ClF4N5. The van der Waals surface area contributed by atoms with Crippen LogP contribution in [0.1, 0.15) is 49.7 Å². The Hall–Kier alpha value is -2.39. The maximum Gasteiger partial charge on any atom is 0.406 e. The Kier molecular flexibility index (Phi) is 6.58. The molecule has 1 saturated carbocycles. The van der Waals surface area contributed by atoms with Gasteiger partial charge in [-0.2, -0.15) is 13.2 Å². The maximum atomic E-state index is 14.2. The SMILES string of the molecule is Cc1cc(N2CCC(C3CCCN=C4CN(C5(C(F)(F)F)CC5)Cc5cc(Cl)ccc5N43)CC2)ncc1F. The molecule has 1 aliphatic carbocycles. The third-order valence-electron chi connectivity index (χ3n) is 8.85. The number of fused-ring (bicyclic) bond motifs is 3. The molecule has 2 aromatic rings. The standard InChI is InChI=1S/C28H32ClF4N5/c1-18-13-25(35-15-22(18)30)36-11-6-19(7-12-36)23-3-2-10-34-26-17-37(27(8-9-27)28(31,32)33)16-20-14-21(29)4-5-24(20)38(23)26/h4-5,13-15,19,23H,2-3,6-12,16-17H2,1H3. The number of alkyl halides is 3. The van der Waals surface area contributed by atoms with E-state index in [1.54, 1.807) is 17.9 Å². The van der Waals surface area contributed by atoms with Gasteiger partial charge in [0.1, 0.15) is 23.0 Å². The van der Waals surface area contributed by atoms with Crippen molar-refractivity contribution in [1.82, 2.24) is 9.88 Å². The molecule has 204 valence electrons. The molecule has 6 rings (SSSR count). The molecule has 1 aromatic carbocycles. The second kappa shape index (κ2) is 9.66. The fourth-order valence-electron chi connectivity index (χ4n) is 6.55. The minimum absolute atomic E-state index is 0.123. The fourth-order valence-corrected chi connectivity index (χ4v) is 6.75. The molecule has 1 unspecified atom stereocenters. The largest absolute Gasteiger partial charge is 0.406 e. The van der Waals surface area contributed by atoms with E-state index in [1.807, 2.05) is 18.2 Å². The van der Waals surface area contributed by atoms with Crippen LogP contribution >= 0.6 is 11.6 Å². The van der Waals surface area contributed by atoms with E-state index in [1.165, 1.54) is 6.20 Å².